The van der Waals surface area contributed by atoms with Gasteiger partial charge >= 0.3 is 10.1 Å². The lowest BCUT2D eigenvalue weighted by molar-refractivity contribution is 0.414. The molecule has 0 spiro atoms. The lowest BCUT2D eigenvalue weighted by Crippen LogP contribution is -2.03. The summed E-state index contributed by atoms with van der Waals surface area (Å²) in [6, 6.07) is 11.6. The Morgan fingerprint density at radius 2 is 1.75 bits per heavy atom. The Morgan fingerprint density at radius 1 is 1.04 bits per heavy atom. The first-order valence-electron chi connectivity index (χ1n) is 7.98. The molecule has 0 heterocycles. The van der Waals surface area contributed by atoms with E-state index in [1.807, 2.05) is 0 Å². The van der Waals surface area contributed by atoms with Gasteiger partial charge in [-0.1, -0.05) is 44.4 Å². The van der Waals surface area contributed by atoms with Crippen LogP contribution in [0.4, 0.5) is 0 Å². The molecule has 130 valence electrons. The van der Waals surface area contributed by atoms with Gasteiger partial charge in [0.15, 0.2) is 10.6 Å². The highest BCUT2D eigenvalue weighted by atomic mass is 32.2. The lowest BCUT2D eigenvalue weighted by atomic mass is 10.1. The van der Waals surface area contributed by atoms with Crippen LogP contribution in [0.5, 0.6) is 17.2 Å². The molecule has 5 nitrogen and oxygen atoms in total. The van der Waals surface area contributed by atoms with Crippen molar-refractivity contribution in [2.75, 3.05) is 0 Å². The zero-order valence-electron chi connectivity index (χ0n) is 13.6. The molecule has 0 fully saturated rings. The Bertz CT molecular complexity index is 769. The van der Waals surface area contributed by atoms with E-state index in [4.69, 9.17) is 4.74 Å². The zero-order valence-corrected chi connectivity index (χ0v) is 14.4. The normalized spacial score (nSPS) is 11.4. The molecule has 0 saturated heterocycles. The number of rotatable bonds is 8. The van der Waals surface area contributed by atoms with Gasteiger partial charge in [0, 0.05) is 0 Å². The van der Waals surface area contributed by atoms with Gasteiger partial charge in [-0.2, -0.15) is 8.42 Å². The Kier molecular flexibility index (Phi) is 6.23. The summed E-state index contributed by atoms with van der Waals surface area (Å²) in [6.45, 7) is 2.12. The van der Waals surface area contributed by atoms with E-state index in [-0.39, 0.29) is 5.75 Å². The fraction of sp³-hybridized carbons (Fsp3) is 0.333. The van der Waals surface area contributed by atoms with Crippen LogP contribution in [-0.4, -0.2) is 18.1 Å². The summed E-state index contributed by atoms with van der Waals surface area (Å²) in [5.74, 6) is -0.157. The van der Waals surface area contributed by atoms with Gasteiger partial charge in [-0.05, 0) is 42.7 Å². The molecule has 2 aromatic rings. The van der Waals surface area contributed by atoms with E-state index in [1.54, 1.807) is 36.4 Å². The third-order valence-electron chi connectivity index (χ3n) is 3.64. The first-order valence-corrected chi connectivity index (χ1v) is 9.42. The maximum absolute atomic E-state index is 11.6. The van der Waals surface area contributed by atoms with Gasteiger partial charge in [0.05, 0.1) is 0 Å². The van der Waals surface area contributed by atoms with Crippen LogP contribution in [0.3, 0.4) is 0 Å². The number of aryl methyl sites for hydroxylation is 1. The van der Waals surface area contributed by atoms with Crippen LogP contribution in [0.2, 0.25) is 0 Å². The molecule has 6 heteroatoms. The average Bonchev–Trinajstić information content (AvgIpc) is 2.51. The quantitative estimate of drug-likeness (QED) is 0.539. The number of phenolic OH excluding ortho intramolecular Hbond substituents is 1. The minimum atomic E-state index is -4.61. The molecule has 0 atom stereocenters. The molecule has 0 aliphatic rings. The minimum Gasteiger partial charge on any atom is -0.506 e. The summed E-state index contributed by atoms with van der Waals surface area (Å²) in [5.41, 5.74) is 0.766. The van der Waals surface area contributed by atoms with Gasteiger partial charge in [-0.3, -0.25) is 4.55 Å². The highest BCUT2D eigenvalue weighted by molar-refractivity contribution is 7.86. The molecule has 0 bridgehead atoms. The molecule has 0 amide bonds. The first-order chi connectivity index (χ1) is 11.4. The van der Waals surface area contributed by atoms with Crippen LogP contribution >= 0.6 is 0 Å². The van der Waals surface area contributed by atoms with Gasteiger partial charge in [0.2, 0.25) is 0 Å². The highest BCUT2D eigenvalue weighted by Crippen LogP contribution is 2.37. The Labute approximate surface area is 142 Å². The predicted molar refractivity (Wildman–Crippen MR) is 92.3 cm³/mol. The van der Waals surface area contributed by atoms with E-state index in [0.29, 0.717) is 12.2 Å². The summed E-state index contributed by atoms with van der Waals surface area (Å²) >= 11 is 0. The number of ether oxygens (including phenoxy) is 1. The van der Waals surface area contributed by atoms with E-state index in [2.05, 4.69) is 6.92 Å². The van der Waals surface area contributed by atoms with Crippen molar-refractivity contribution in [2.45, 2.75) is 43.9 Å². The second-order valence-corrected chi connectivity index (χ2v) is 7.00. The molecule has 24 heavy (non-hydrogen) atoms. The third kappa shape index (κ3) is 4.97. The van der Waals surface area contributed by atoms with Crippen LogP contribution < -0.4 is 4.74 Å². The first kappa shape index (κ1) is 18.3. The summed E-state index contributed by atoms with van der Waals surface area (Å²) < 4.78 is 38.2. The number of unbranched alkanes of at least 4 members (excludes halogenated alkanes) is 3. The zero-order chi connectivity index (χ0) is 17.6. The molecule has 0 radical (unpaired) electrons. The number of hydrogen-bond acceptors (Lipinski definition) is 4. The van der Waals surface area contributed by atoms with Gasteiger partial charge < -0.3 is 9.84 Å². The number of phenols is 1. The smallest absolute Gasteiger partial charge is 0.301 e. The molecule has 0 unspecified atom stereocenters. The van der Waals surface area contributed by atoms with Crippen molar-refractivity contribution in [1.82, 2.24) is 0 Å². The minimum absolute atomic E-state index is 0.0748. The van der Waals surface area contributed by atoms with Crippen molar-refractivity contribution >= 4 is 10.1 Å². The van der Waals surface area contributed by atoms with Crippen molar-refractivity contribution < 1.29 is 22.8 Å². The predicted octanol–water partition coefficient (Wildman–Crippen LogP) is 4.55. The van der Waals surface area contributed by atoms with Crippen molar-refractivity contribution in [3.63, 3.8) is 0 Å². The van der Waals surface area contributed by atoms with Crippen molar-refractivity contribution in [1.29, 1.82) is 0 Å². The van der Waals surface area contributed by atoms with Gasteiger partial charge in [-0.15, -0.1) is 0 Å². The fourth-order valence-corrected chi connectivity index (χ4v) is 3.17. The van der Waals surface area contributed by atoms with E-state index in [0.717, 1.165) is 31.2 Å². The molecule has 0 aromatic heterocycles. The van der Waals surface area contributed by atoms with Crippen molar-refractivity contribution in [2.24, 2.45) is 0 Å². The van der Waals surface area contributed by atoms with Crippen LogP contribution in [0.15, 0.2) is 47.4 Å². The van der Waals surface area contributed by atoms with E-state index in [1.165, 1.54) is 6.07 Å². The maximum atomic E-state index is 11.6. The molecule has 2 N–H and O–H groups in total. The summed E-state index contributed by atoms with van der Waals surface area (Å²) in [6.07, 6.45) is 4.94. The van der Waals surface area contributed by atoms with Crippen LogP contribution in [0.25, 0.3) is 0 Å². The third-order valence-corrected chi connectivity index (χ3v) is 4.57. The van der Waals surface area contributed by atoms with Gasteiger partial charge in [0.25, 0.3) is 0 Å². The topological polar surface area (TPSA) is 83.8 Å². The summed E-state index contributed by atoms with van der Waals surface area (Å²) in [5, 5.41) is 10.1. The monoisotopic (exact) mass is 350 g/mol. The number of benzene rings is 2. The number of para-hydroxylation sites is 1. The van der Waals surface area contributed by atoms with Crippen LogP contribution in [-0.2, 0) is 16.5 Å². The fourth-order valence-electron chi connectivity index (χ4n) is 2.49. The summed E-state index contributed by atoms with van der Waals surface area (Å²) in [4.78, 5) is -0.608. The van der Waals surface area contributed by atoms with Crippen LogP contribution in [0.1, 0.15) is 38.2 Å². The molecule has 2 aromatic carbocycles. The Balaban J connectivity index is 2.34. The van der Waals surface area contributed by atoms with Crippen molar-refractivity contribution in [3.8, 4) is 17.2 Å². The van der Waals surface area contributed by atoms with E-state index in [9.17, 15) is 18.1 Å². The van der Waals surface area contributed by atoms with Crippen molar-refractivity contribution in [3.05, 3.63) is 48.0 Å². The molecule has 0 aliphatic carbocycles. The number of hydrogen-bond donors (Lipinski definition) is 2. The van der Waals surface area contributed by atoms with E-state index < -0.39 is 20.8 Å². The SMILES string of the molecule is CCCCCCc1cc(O)c(S(=O)(=O)O)c(Oc2ccccc2)c1. The van der Waals surface area contributed by atoms with Crippen LogP contribution in [0, 0.1) is 0 Å². The standard InChI is InChI=1S/C18H22O5S/c1-2-3-4-6-9-14-12-16(19)18(24(20,21)22)17(13-14)23-15-10-7-5-8-11-15/h5,7-8,10-13,19H,2-4,6,9H2,1H3,(H,20,21,22). The second kappa shape index (κ2) is 8.17. The molecule has 0 aliphatic heterocycles. The summed E-state index contributed by atoms with van der Waals surface area (Å²) in [7, 11) is -4.61. The highest BCUT2D eigenvalue weighted by Gasteiger charge is 2.23. The Hall–Kier alpha value is -2.05. The lowest BCUT2D eigenvalue weighted by Gasteiger charge is -2.13. The number of aromatic hydroxyl groups is 1. The van der Waals surface area contributed by atoms with Gasteiger partial charge in [0.1, 0.15) is 11.5 Å². The largest absolute Gasteiger partial charge is 0.506 e. The molecular formula is C18H22O5S. The van der Waals surface area contributed by atoms with Gasteiger partial charge in [-0.25, -0.2) is 0 Å². The Morgan fingerprint density at radius 3 is 2.38 bits per heavy atom. The maximum Gasteiger partial charge on any atom is 0.301 e. The second-order valence-electron chi connectivity index (χ2n) is 5.64. The van der Waals surface area contributed by atoms with E-state index >= 15 is 0 Å². The molecule has 2 rings (SSSR count). The average molecular weight is 350 g/mol. The molecule has 0 saturated carbocycles. The molecular weight excluding hydrogens is 328 g/mol.